The van der Waals surface area contributed by atoms with Crippen LogP contribution < -0.4 is 0 Å². The SMILES string of the molecule is O=S(=O)(O)c1ccc2cc(-c3cccc4c3CC=CC4)ccc2c1. The highest BCUT2D eigenvalue weighted by molar-refractivity contribution is 7.85. The monoisotopic (exact) mass is 336 g/mol. The largest absolute Gasteiger partial charge is 0.294 e. The Morgan fingerprint density at radius 2 is 1.58 bits per heavy atom. The van der Waals surface area contributed by atoms with E-state index in [-0.39, 0.29) is 4.90 Å². The number of hydrogen-bond donors (Lipinski definition) is 1. The summed E-state index contributed by atoms with van der Waals surface area (Å²) in [6.07, 6.45) is 6.30. The van der Waals surface area contributed by atoms with E-state index in [2.05, 4.69) is 36.4 Å². The van der Waals surface area contributed by atoms with Gasteiger partial charge in [0.1, 0.15) is 0 Å². The fourth-order valence-electron chi connectivity index (χ4n) is 3.30. The number of rotatable bonds is 2. The van der Waals surface area contributed by atoms with Crippen molar-refractivity contribution in [1.82, 2.24) is 0 Å². The molecule has 0 saturated heterocycles. The number of hydrogen-bond acceptors (Lipinski definition) is 2. The minimum atomic E-state index is -4.18. The van der Waals surface area contributed by atoms with E-state index < -0.39 is 10.1 Å². The molecule has 4 rings (SSSR count). The van der Waals surface area contributed by atoms with Crippen LogP contribution in [0.2, 0.25) is 0 Å². The molecule has 1 N–H and O–H groups in total. The first-order valence-corrected chi connectivity index (χ1v) is 9.24. The second kappa shape index (κ2) is 5.58. The number of benzene rings is 3. The Labute approximate surface area is 141 Å². The Morgan fingerprint density at radius 3 is 2.42 bits per heavy atom. The van der Waals surface area contributed by atoms with Crippen LogP contribution in [0.15, 0.2) is 71.6 Å². The molecule has 0 heterocycles. The average Bonchev–Trinajstić information content (AvgIpc) is 2.59. The molecule has 0 atom stereocenters. The molecule has 0 aromatic heterocycles. The van der Waals surface area contributed by atoms with Crippen LogP contribution in [0, 0.1) is 0 Å². The van der Waals surface area contributed by atoms with E-state index in [1.165, 1.54) is 28.8 Å². The normalized spacial score (nSPS) is 13.9. The van der Waals surface area contributed by atoms with Crippen molar-refractivity contribution in [3.8, 4) is 11.1 Å². The van der Waals surface area contributed by atoms with E-state index in [9.17, 15) is 13.0 Å². The summed E-state index contributed by atoms with van der Waals surface area (Å²) in [5, 5.41) is 1.74. The summed E-state index contributed by atoms with van der Waals surface area (Å²) in [5.41, 5.74) is 5.05. The van der Waals surface area contributed by atoms with Gasteiger partial charge < -0.3 is 0 Å². The summed E-state index contributed by atoms with van der Waals surface area (Å²) in [6, 6.07) is 17.0. The van der Waals surface area contributed by atoms with Crippen molar-refractivity contribution in [3.05, 3.63) is 77.9 Å². The zero-order valence-corrected chi connectivity index (χ0v) is 13.8. The molecule has 4 heteroatoms. The van der Waals surface area contributed by atoms with Gasteiger partial charge in [0, 0.05) is 0 Å². The first-order chi connectivity index (χ1) is 11.5. The van der Waals surface area contributed by atoms with Crippen LogP contribution in [0.5, 0.6) is 0 Å². The zero-order valence-electron chi connectivity index (χ0n) is 12.9. The molecule has 1 aliphatic carbocycles. The third-order valence-electron chi connectivity index (χ3n) is 4.52. The molecule has 0 spiro atoms. The van der Waals surface area contributed by atoms with Crippen LogP contribution in [0.25, 0.3) is 21.9 Å². The lowest BCUT2D eigenvalue weighted by molar-refractivity contribution is 0.483. The van der Waals surface area contributed by atoms with Crippen molar-refractivity contribution in [3.63, 3.8) is 0 Å². The van der Waals surface area contributed by atoms with Crippen molar-refractivity contribution >= 4 is 20.9 Å². The summed E-state index contributed by atoms with van der Waals surface area (Å²) in [4.78, 5) is -0.0787. The molecular weight excluding hydrogens is 320 g/mol. The van der Waals surface area contributed by atoms with Gasteiger partial charge in [-0.2, -0.15) is 8.42 Å². The lowest BCUT2D eigenvalue weighted by atomic mass is 9.88. The second-order valence-corrected chi connectivity index (χ2v) is 7.44. The second-order valence-electron chi connectivity index (χ2n) is 6.02. The van der Waals surface area contributed by atoms with Gasteiger partial charge in [-0.05, 0) is 64.1 Å². The van der Waals surface area contributed by atoms with Gasteiger partial charge in [-0.3, -0.25) is 4.55 Å². The Morgan fingerprint density at radius 1 is 0.833 bits per heavy atom. The van der Waals surface area contributed by atoms with E-state index in [0.717, 1.165) is 29.2 Å². The molecule has 0 radical (unpaired) electrons. The number of fused-ring (bicyclic) bond motifs is 2. The fraction of sp³-hybridized carbons (Fsp3) is 0.100. The molecule has 0 aliphatic heterocycles. The minimum Gasteiger partial charge on any atom is -0.282 e. The predicted molar refractivity (Wildman–Crippen MR) is 95.7 cm³/mol. The predicted octanol–water partition coefficient (Wildman–Crippen LogP) is 4.41. The van der Waals surface area contributed by atoms with Gasteiger partial charge in [-0.25, -0.2) is 0 Å². The van der Waals surface area contributed by atoms with E-state index in [1.807, 2.05) is 12.1 Å². The maximum atomic E-state index is 11.3. The Bertz CT molecular complexity index is 1080. The summed E-state index contributed by atoms with van der Waals surface area (Å²) < 4.78 is 31.7. The van der Waals surface area contributed by atoms with Gasteiger partial charge >= 0.3 is 0 Å². The van der Waals surface area contributed by atoms with Crippen molar-refractivity contribution in [2.75, 3.05) is 0 Å². The van der Waals surface area contributed by atoms with Crippen LogP contribution in [0.3, 0.4) is 0 Å². The molecule has 0 unspecified atom stereocenters. The van der Waals surface area contributed by atoms with Gasteiger partial charge in [0.2, 0.25) is 0 Å². The lowest BCUT2D eigenvalue weighted by Crippen LogP contribution is -2.00. The van der Waals surface area contributed by atoms with Crippen molar-refractivity contribution in [2.45, 2.75) is 17.7 Å². The van der Waals surface area contributed by atoms with Gasteiger partial charge in [0.25, 0.3) is 10.1 Å². The molecule has 120 valence electrons. The van der Waals surface area contributed by atoms with Gasteiger partial charge in [-0.15, -0.1) is 0 Å². The highest BCUT2D eigenvalue weighted by Gasteiger charge is 2.13. The van der Waals surface area contributed by atoms with Gasteiger partial charge in [0.15, 0.2) is 0 Å². The summed E-state index contributed by atoms with van der Waals surface area (Å²) in [7, 11) is -4.18. The third-order valence-corrected chi connectivity index (χ3v) is 5.37. The molecule has 1 aliphatic rings. The highest BCUT2D eigenvalue weighted by atomic mass is 32.2. The molecule has 3 aromatic rings. The van der Waals surface area contributed by atoms with Crippen molar-refractivity contribution < 1.29 is 13.0 Å². The van der Waals surface area contributed by atoms with Crippen LogP contribution in [0.1, 0.15) is 11.1 Å². The smallest absolute Gasteiger partial charge is 0.282 e. The fourth-order valence-corrected chi connectivity index (χ4v) is 3.82. The highest BCUT2D eigenvalue weighted by Crippen LogP contribution is 2.32. The first-order valence-electron chi connectivity index (χ1n) is 7.80. The van der Waals surface area contributed by atoms with Crippen LogP contribution >= 0.6 is 0 Å². The van der Waals surface area contributed by atoms with Crippen LogP contribution in [0.4, 0.5) is 0 Å². The number of allylic oxidation sites excluding steroid dienone is 2. The molecular formula is C20H16O3S. The Kier molecular flexibility index (Phi) is 3.52. The minimum absolute atomic E-state index is 0.0787. The Hall–Kier alpha value is -2.43. The topological polar surface area (TPSA) is 54.4 Å². The van der Waals surface area contributed by atoms with Crippen LogP contribution in [-0.2, 0) is 23.0 Å². The molecule has 24 heavy (non-hydrogen) atoms. The molecule has 0 bridgehead atoms. The molecule has 0 amide bonds. The average molecular weight is 336 g/mol. The van der Waals surface area contributed by atoms with Crippen LogP contribution in [-0.4, -0.2) is 13.0 Å². The zero-order chi connectivity index (χ0) is 16.7. The standard InChI is InChI=1S/C20H16O3S/c21-24(22,23)18-11-10-15-12-17(9-8-16(15)13-18)20-7-3-5-14-4-1-2-6-19(14)20/h1-3,5,7-13H,4,6H2,(H,21,22,23). The van der Waals surface area contributed by atoms with Crippen molar-refractivity contribution in [1.29, 1.82) is 0 Å². The lowest BCUT2D eigenvalue weighted by Gasteiger charge is -2.16. The van der Waals surface area contributed by atoms with E-state index in [0.29, 0.717) is 0 Å². The van der Waals surface area contributed by atoms with E-state index in [4.69, 9.17) is 0 Å². The maximum Gasteiger partial charge on any atom is 0.294 e. The van der Waals surface area contributed by atoms with Gasteiger partial charge in [-0.1, -0.05) is 48.6 Å². The molecule has 3 nitrogen and oxygen atoms in total. The molecule has 3 aromatic carbocycles. The molecule has 0 saturated carbocycles. The van der Waals surface area contributed by atoms with Gasteiger partial charge in [0.05, 0.1) is 4.90 Å². The summed E-state index contributed by atoms with van der Waals surface area (Å²) in [6.45, 7) is 0. The van der Waals surface area contributed by atoms with E-state index >= 15 is 0 Å². The van der Waals surface area contributed by atoms with E-state index in [1.54, 1.807) is 6.07 Å². The first kappa shape index (κ1) is 15.1. The molecule has 0 fully saturated rings. The Balaban J connectivity index is 1.85. The summed E-state index contributed by atoms with van der Waals surface area (Å²) >= 11 is 0. The van der Waals surface area contributed by atoms with Crippen molar-refractivity contribution in [2.24, 2.45) is 0 Å². The third kappa shape index (κ3) is 2.64. The quantitative estimate of drug-likeness (QED) is 0.557. The maximum absolute atomic E-state index is 11.3. The summed E-state index contributed by atoms with van der Waals surface area (Å²) in [5.74, 6) is 0.